The number of amides is 5. The van der Waals surface area contributed by atoms with E-state index < -0.39 is 29.7 Å². The van der Waals surface area contributed by atoms with Crippen LogP contribution in [0.2, 0.25) is 10.0 Å². The maximum absolute atomic E-state index is 13.3. The standard InChI is InChI=1S/C44H48Cl2N6O8S/c1-58-35-26-33(29(45)24-30(35)46)48-31-14-15-47-32-25-37(36(59-2)23-28(31)32)60-21-8-16-50-17-19-51(20-18-50)40(54)11-5-3-4-6-22-61-38-10-7-9-27-41(38)44(57)52(43(27)56)34-12-13-39(53)49-42(34)55/h7,9-10,14-15,23-26,34H,3-6,8,11-13,16-22H2,1-2H3,(H,47,48)(H,49,53,55). The van der Waals surface area contributed by atoms with Crippen LogP contribution >= 0.6 is 35.0 Å². The summed E-state index contributed by atoms with van der Waals surface area (Å²) in [6.45, 7) is 4.37. The number of thioether (sulfide) groups is 1. The number of pyridine rings is 1. The lowest BCUT2D eigenvalue weighted by atomic mass is 10.0. The van der Waals surface area contributed by atoms with Gasteiger partial charge in [0.2, 0.25) is 17.7 Å². The Morgan fingerprint density at radius 1 is 0.869 bits per heavy atom. The molecule has 3 aromatic carbocycles. The molecule has 4 aromatic rings. The minimum absolute atomic E-state index is 0.0814. The van der Waals surface area contributed by atoms with Crippen LogP contribution in [0.5, 0.6) is 17.2 Å². The topological polar surface area (TPSA) is 160 Å². The van der Waals surface area contributed by atoms with Gasteiger partial charge in [0.25, 0.3) is 11.8 Å². The number of fused-ring (bicyclic) bond motifs is 2. The number of hydrogen-bond acceptors (Lipinski definition) is 12. The lowest BCUT2D eigenvalue weighted by molar-refractivity contribution is -0.136. The van der Waals surface area contributed by atoms with E-state index >= 15 is 0 Å². The number of piperazine rings is 1. The number of imide groups is 2. The number of methoxy groups -OCH3 is 2. The van der Waals surface area contributed by atoms with Crippen LogP contribution in [0.4, 0.5) is 11.4 Å². The first-order chi connectivity index (χ1) is 29.6. The highest BCUT2D eigenvalue weighted by molar-refractivity contribution is 7.99. The minimum Gasteiger partial charge on any atom is -0.495 e. The third-order valence-corrected chi connectivity index (χ3v) is 12.9. The molecule has 1 unspecified atom stereocenters. The van der Waals surface area contributed by atoms with E-state index in [2.05, 4.69) is 20.5 Å². The smallest absolute Gasteiger partial charge is 0.263 e. The summed E-state index contributed by atoms with van der Waals surface area (Å²) in [5.74, 6) is 0.622. The average Bonchev–Trinajstić information content (AvgIpc) is 3.51. The summed E-state index contributed by atoms with van der Waals surface area (Å²) in [4.78, 5) is 74.1. The number of rotatable bonds is 18. The number of piperidine rings is 1. The molecule has 2 fully saturated rings. The van der Waals surface area contributed by atoms with E-state index in [0.717, 1.165) is 79.0 Å². The molecular formula is C44H48Cl2N6O8S. The molecule has 0 radical (unpaired) electrons. The van der Waals surface area contributed by atoms with E-state index in [0.29, 0.717) is 75.1 Å². The Morgan fingerprint density at radius 2 is 1.66 bits per heavy atom. The molecule has 17 heteroatoms. The maximum atomic E-state index is 13.3. The van der Waals surface area contributed by atoms with E-state index in [-0.39, 0.29) is 18.7 Å². The van der Waals surface area contributed by atoms with Crippen LogP contribution in [-0.4, -0.2) is 115 Å². The van der Waals surface area contributed by atoms with Crippen molar-refractivity contribution in [2.75, 3.05) is 64.6 Å². The predicted octanol–water partition coefficient (Wildman–Crippen LogP) is 7.36. The molecule has 0 saturated carbocycles. The van der Waals surface area contributed by atoms with Crippen LogP contribution in [0.25, 0.3) is 10.9 Å². The number of nitrogens with zero attached hydrogens (tertiary/aromatic N) is 4. The van der Waals surface area contributed by atoms with Gasteiger partial charge in [0.1, 0.15) is 11.8 Å². The van der Waals surface area contributed by atoms with E-state index in [4.69, 9.17) is 37.4 Å². The molecule has 0 spiro atoms. The van der Waals surface area contributed by atoms with Crippen LogP contribution in [0.15, 0.2) is 59.6 Å². The Hall–Kier alpha value is -5.09. The van der Waals surface area contributed by atoms with Crippen molar-refractivity contribution in [2.24, 2.45) is 0 Å². The van der Waals surface area contributed by atoms with Gasteiger partial charge in [-0.1, -0.05) is 42.1 Å². The average molecular weight is 892 g/mol. The predicted molar refractivity (Wildman–Crippen MR) is 235 cm³/mol. The van der Waals surface area contributed by atoms with Crippen molar-refractivity contribution in [1.29, 1.82) is 0 Å². The van der Waals surface area contributed by atoms with Crippen molar-refractivity contribution in [3.05, 3.63) is 75.9 Å². The summed E-state index contributed by atoms with van der Waals surface area (Å²) < 4.78 is 17.2. The first kappa shape index (κ1) is 44.0. The molecule has 2 saturated heterocycles. The Balaban J connectivity index is 0.788. The molecule has 61 heavy (non-hydrogen) atoms. The highest BCUT2D eigenvalue weighted by atomic mass is 35.5. The van der Waals surface area contributed by atoms with Crippen LogP contribution in [0.1, 0.15) is 72.1 Å². The molecule has 322 valence electrons. The summed E-state index contributed by atoms with van der Waals surface area (Å²) >= 11 is 14.2. The zero-order valence-corrected chi connectivity index (χ0v) is 36.4. The summed E-state index contributed by atoms with van der Waals surface area (Å²) in [6.07, 6.45) is 6.81. The summed E-state index contributed by atoms with van der Waals surface area (Å²) in [7, 11) is 3.15. The quantitative estimate of drug-likeness (QED) is 0.0582. The van der Waals surface area contributed by atoms with Crippen molar-refractivity contribution in [2.45, 2.75) is 62.3 Å². The van der Waals surface area contributed by atoms with Gasteiger partial charge in [0.05, 0.1) is 53.2 Å². The monoisotopic (exact) mass is 890 g/mol. The first-order valence-corrected chi connectivity index (χ1v) is 22.2. The summed E-state index contributed by atoms with van der Waals surface area (Å²) in [6, 6.07) is 13.2. The number of nitrogens with one attached hydrogen (secondary N) is 2. The molecule has 14 nitrogen and oxygen atoms in total. The molecule has 0 aliphatic carbocycles. The van der Waals surface area contributed by atoms with Gasteiger partial charge < -0.3 is 24.4 Å². The van der Waals surface area contributed by atoms with E-state index in [9.17, 15) is 24.0 Å². The second kappa shape index (κ2) is 20.2. The van der Waals surface area contributed by atoms with Crippen molar-refractivity contribution in [3.63, 3.8) is 0 Å². The lowest BCUT2D eigenvalue weighted by Crippen LogP contribution is -2.54. The second-order valence-electron chi connectivity index (χ2n) is 15.0. The van der Waals surface area contributed by atoms with Crippen LogP contribution in [0, 0.1) is 0 Å². The molecule has 5 amide bonds. The zero-order chi connectivity index (χ0) is 43.0. The van der Waals surface area contributed by atoms with Gasteiger partial charge >= 0.3 is 0 Å². The molecule has 7 rings (SSSR count). The fraction of sp³-hybridized carbons (Fsp3) is 0.409. The van der Waals surface area contributed by atoms with Gasteiger partial charge in [-0.05, 0) is 61.8 Å². The Labute approximate surface area is 368 Å². The maximum Gasteiger partial charge on any atom is 0.263 e. The van der Waals surface area contributed by atoms with Crippen molar-refractivity contribution in [3.8, 4) is 17.2 Å². The summed E-state index contributed by atoms with van der Waals surface area (Å²) in [5.41, 5.74) is 2.76. The highest BCUT2D eigenvalue weighted by Crippen LogP contribution is 2.40. The van der Waals surface area contributed by atoms with Crippen molar-refractivity contribution < 1.29 is 38.2 Å². The fourth-order valence-corrected chi connectivity index (χ4v) is 9.42. The Morgan fingerprint density at radius 3 is 2.43 bits per heavy atom. The number of benzene rings is 3. The number of carbonyl (C=O) groups is 5. The van der Waals surface area contributed by atoms with E-state index in [1.165, 1.54) is 11.8 Å². The van der Waals surface area contributed by atoms with E-state index in [1.54, 1.807) is 44.7 Å². The zero-order valence-electron chi connectivity index (χ0n) is 34.1. The van der Waals surface area contributed by atoms with Crippen LogP contribution in [-0.2, 0) is 14.4 Å². The van der Waals surface area contributed by atoms with Crippen molar-refractivity contribution >= 4 is 86.8 Å². The van der Waals surface area contributed by atoms with Crippen LogP contribution in [0.3, 0.4) is 0 Å². The highest BCUT2D eigenvalue weighted by Gasteiger charge is 2.45. The second-order valence-corrected chi connectivity index (χ2v) is 17.0. The largest absolute Gasteiger partial charge is 0.495 e. The normalized spacial score (nSPS) is 16.8. The number of carbonyl (C=O) groups excluding carboxylic acids is 5. The van der Waals surface area contributed by atoms with Gasteiger partial charge in [0, 0.05) is 79.9 Å². The third-order valence-electron chi connectivity index (χ3n) is 11.1. The molecule has 2 N–H and O–H groups in total. The number of aromatic nitrogens is 1. The van der Waals surface area contributed by atoms with Crippen molar-refractivity contribution in [1.82, 2.24) is 25.0 Å². The molecule has 0 bridgehead atoms. The van der Waals surface area contributed by atoms with Gasteiger partial charge in [-0.3, -0.25) is 44.1 Å². The third kappa shape index (κ3) is 10.2. The molecule has 3 aliphatic rings. The van der Waals surface area contributed by atoms with Crippen LogP contribution < -0.4 is 24.8 Å². The number of anilines is 2. The minimum atomic E-state index is -0.985. The Bertz CT molecular complexity index is 2320. The van der Waals surface area contributed by atoms with Gasteiger partial charge in [0.15, 0.2) is 11.5 Å². The SMILES string of the molecule is COc1cc(Nc2ccnc3cc(OCCCN4CCN(C(=O)CCCCCCSc5cccc6c5C(=O)N(C5CCC(=O)NC5=O)C6=O)CC4)c(OC)cc23)c(Cl)cc1Cl. The van der Waals surface area contributed by atoms with Gasteiger partial charge in [-0.2, -0.15) is 0 Å². The summed E-state index contributed by atoms with van der Waals surface area (Å²) in [5, 5.41) is 7.29. The van der Waals surface area contributed by atoms with Gasteiger partial charge in [-0.25, -0.2) is 0 Å². The number of hydrogen-bond donors (Lipinski definition) is 2. The number of unbranched alkanes of at least 4 members (excludes halogenated alkanes) is 3. The molecule has 1 atom stereocenters. The Kier molecular flexibility index (Phi) is 14.6. The lowest BCUT2D eigenvalue weighted by Gasteiger charge is -2.34. The number of ether oxygens (including phenoxy) is 3. The first-order valence-electron chi connectivity index (χ1n) is 20.4. The fourth-order valence-electron chi connectivity index (χ4n) is 7.83. The molecule has 1 aromatic heterocycles. The van der Waals surface area contributed by atoms with E-state index in [1.807, 2.05) is 29.2 Å². The molecule has 3 aliphatic heterocycles. The molecule has 4 heterocycles. The van der Waals surface area contributed by atoms with Gasteiger partial charge in [-0.15, -0.1) is 11.8 Å². The molecular weight excluding hydrogens is 843 g/mol. The number of halogens is 2.